The number of carbonyl (C=O) groups excluding carboxylic acids is 1. The summed E-state index contributed by atoms with van der Waals surface area (Å²) in [5.41, 5.74) is 2.12. The van der Waals surface area contributed by atoms with Crippen LogP contribution < -0.4 is 4.90 Å². The van der Waals surface area contributed by atoms with Crippen LogP contribution in [-0.4, -0.2) is 48.4 Å². The van der Waals surface area contributed by atoms with Crippen LogP contribution in [0.2, 0.25) is 0 Å². The van der Waals surface area contributed by atoms with E-state index in [1.54, 1.807) is 13.0 Å². The Morgan fingerprint density at radius 3 is 2.88 bits per heavy atom. The number of piperidine rings is 1. The van der Waals surface area contributed by atoms with Crippen molar-refractivity contribution in [3.8, 4) is 10.7 Å². The van der Waals surface area contributed by atoms with Gasteiger partial charge in [0.05, 0.1) is 15.7 Å². The fraction of sp³-hybridized carbons (Fsp3) is 0.435. The summed E-state index contributed by atoms with van der Waals surface area (Å²) in [6, 6.07) is 9.56. The van der Waals surface area contributed by atoms with Gasteiger partial charge in [0, 0.05) is 36.6 Å². The van der Waals surface area contributed by atoms with Crippen LogP contribution in [0, 0.1) is 12.8 Å². The first-order valence-corrected chi connectivity index (χ1v) is 13.5. The van der Waals surface area contributed by atoms with Gasteiger partial charge in [-0.15, -0.1) is 11.3 Å². The third kappa shape index (κ3) is 4.00. The Kier molecular flexibility index (Phi) is 5.84. The van der Waals surface area contributed by atoms with Crippen LogP contribution in [0.5, 0.6) is 0 Å². The zero-order valence-corrected chi connectivity index (χ0v) is 20.3. The first kappa shape index (κ1) is 22.2. The highest BCUT2D eigenvalue weighted by Gasteiger charge is 2.38. The van der Waals surface area contributed by atoms with Crippen LogP contribution in [0.15, 0.2) is 39.8 Å². The predicted octanol–water partition coefficient (Wildman–Crippen LogP) is 3.66. The number of aryl methyl sites for hydroxylation is 2. The third-order valence-electron chi connectivity index (χ3n) is 6.37. The lowest BCUT2D eigenvalue weighted by atomic mass is 9.98. The van der Waals surface area contributed by atoms with Gasteiger partial charge in [0.2, 0.25) is 27.6 Å². The van der Waals surface area contributed by atoms with Gasteiger partial charge in [0.1, 0.15) is 0 Å². The number of anilines is 1. The molecule has 1 aromatic carbocycles. The monoisotopic (exact) mass is 486 g/mol. The highest BCUT2D eigenvalue weighted by Crippen LogP contribution is 2.36. The Balaban J connectivity index is 1.37. The highest BCUT2D eigenvalue weighted by molar-refractivity contribution is 7.89. The van der Waals surface area contributed by atoms with Gasteiger partial charge in [-0.1, -0.05) is 30.3 Å². The van der Waals surface area contributed by atoms with E-state index in [1.165, 1.54) is 21.2 Å². The second-order valence-electron chi connectivity index (χ2n) is 8.47. The van der Waals surface area contributed by atoms with Crippen molar-refractivity contribution in [2.24, 2.45) is 5.92 Å². The number of thiophene rings is 1. The summed E-state index contributed by atoms with van der Waals surface area (Å²) in [6.45, 7) is 4.97. The van der Waals surface area contributed by atoms with E-state index in [-0.39, 0.29) is 23.3 Å². The number of amides is 1. The molecule has 1 amide bonds. The zero-order chi connectivity index (χ0) is 23.2. The van der Waals surface area contributed by atoms with Gasteiger partial charge < -0.3 is 9.42 Å². The van der Waals surface area contributed by atoms with E-state index in [2.05, 4.69) is 10.1 Å². The molecule has 5 rings (SSSR count). The van der Waals surface area contributed by atoms with Crippen molar-refractivity contribution in [3.05, 3.63) is 46.7 Å². The van der Waals surface area contributed by atoms with E-state index in [9.17, 15) is 13.2 Å². The van der Waals surface area contributed by atoms with Crippen LogP contribution in [-0.2, 0) is 27.7 Å². The van der Waals surface area contributed by atoms with Gasteiger partial charge in [-0.25, -0.2) is 8.42 Å². The molecule has 1 unspecified atom stereocenters. The molecule has 2 aromatic heterocycles. The van der Waals surface area contributed by atoms with Gasteiger partial charge in [-0.2, -0.15) is 9.29 Å². The normalized spacial score (nSPS) is 19.1. The number of hydrogen-bond acceptors (Lipinski definition) is 7. The molecule has 0 spiro atoms. The first-order valence-electron chi connectivity index (χ1n) is 11.2. The van der Waals surface area contributed by atoms with E-state index in [1.807, 2.05) is 36.1 Å². The molecule has 0 radical (unpaired) electrons. The summed E-state index contributed by atoms with van der Waals surface area (Å²) in [5, 5.41) is 3.97. The average molecular weight is 487 g/mol. The van der Waals surface area contributed by atoms with E-state index in [0.29, 0.717) is 53.8 Å². The Hall–Kier alpha value is -2.56. The second-order valence-corrected chi connectivity index (χ2v) is 11.6. The maximum absolute atomic E-state index is 13.5. The van der Waals surface area contributed by atoms with Crippen LogP contribution in [0.3, 0.4) is 0 Å². The summed E-state index contributed by atoms with van der Waals surface area (Å²) in [5.74, 6) is 0.589. The Bertz CT molecular complexity index is 1300. The number of sulfonamides is 1. The molecule has 0 saturated carbocycles. The maximum Gasteiger partial charge on any atom is 0.244 e. The lowest BCUT2D eigenvalue weighted by Crippen LogP contribution is -2.46. The van der Waals surface area contributed by atoms with Gasteiger partial charge >= 0.3 is 0 Å². The van der Waals surface area contributed by atoms with Crippen LogP contribution >= 0.6 is 11.3 Å². The maximum atomic E-state index is 13.5. The van der Waals surface area contributed by atoms with Crippen LogP contribution in [0.1, 0.15) is 36.1 Å². The van der Waals surface area contributed by atoms with E-state index in [4.69, 9.17) is 4.52 Å². The van der Waals surface area contributed by atoms with Crippen molar-refractivity contribution >= 4 is 33.0 Å². The van der Waals surface area contributed by atoms with E-state index in [0.717, 1.165) is 12.1 Å². The number of fused-ring (bicyclic) bond motifs is 1. The van der Waals surface area contributed by atoms with E-state index < -0.39 is 10.0 Å². The molecule has 8 nitrogen and oxygen atoms in total. The minimum absolute atomic E-state index is 0.0153. The fourth-order valence-electron chi connectivity index (χ4n) is 4.62. The molecule has 1 atom stereocenters. The van der Waals surface area contributed by atoms with Crippen molar-refractivity contribution in [2.45, 2.75) is 44.4 Å². The number of benzene rings is 1. The Morgan fingerprint density at radius 2 is 2.09 bits per heavy atom. The quantitative estimate of drug-likeness (QED) is 0.546. The molecule has 174 valence electrons. The minimum atomic E-state index is -3.74. The molecule has 2 aliphatic rings. The van der Waals surface area contributed by atoms with Gasteiger partial charge in [0.25, 0.3) is 0 Å². The first-order chi connectivity index (χ1) is 15.9. The lowest BCUT2D eigenvalue weighted by molar-refractivity contribution is -0.123. The second kappa shape index (κ2) is 8.66. The van der Waals surface area contributed by atoms with E-state index >= 15 is 0 Å². The number of rotatable bonds is 5. The zero-order valence-electron chi connectivity index (χ0n) is 18.7. The number of nitrogens with zero attached hydrogens (tertiary/aromatic N) is 4. The average Bonchev–Trinajstić information content (AvgIpc) is 3.56. The molecular weight excluding hydrogens is 460 g/mol. The minimum Gasteiger partial charge on any atom is -0.339 e. The topological polar surface area (TPSA) is 96.6 Å². The Labute approximate surface area is 197 Å². The Morgan fingerprint density at radius 1 is 1.27 bits per heavy atom. The molecule has 0 bridgehead atoms. The number of carbonyl (C=O) groups is 1. The summed E-state index contributed by atoms with van der Waals surface area (Å²) >= 11 is 1.34. The van der Waals surface area contributed by atoms with Crippen molar-refractivity contribution < 1.29 is 17.7 Å². The van der Waals surface area contributed by atoms with Crippen LogP contribution in [0.4, 0.5) is 5.69 Å². The third-order valence-corrected chi connectivity index (χ3v) is 9.53. The largest absolute Gasteiger partial charge is 0.339 e. The molecule has 0 N–H and O–H groups in total. The molecule has 3 aromatic rings. The van der Waals surface area contributed by atoms with Gasteiger partial charge in [0.15, 0.2) is 0 Å². The smallest absolute Gasteiger partial charge is 0.244 e. The van der Waals surface area contributed by atoms with Gasteiger partial charge in [-0.05, 0) is 43.9 Å². The molecule has 33 heavy (non-hydrogen) atoms. The number of aromatic nitrogens is 2. The molecule has 1 saturated heterocycles. The summed E-state index contributed by atoms with van der Waals surface area (Å²) < 4.78 is 33.7. The summed E-state index contributed by atoms with van der Waals surface area (Å²) in [7, 11) is -3.74. The molecule has 0 aliphatic carbocycles. The van der Waals surface area contributed by atoms with Crippen molar-refractivity contribution in [1.82, 2.24) is 14.4 Å². The molecular formula is C23H26N4O4S2. The van der Waals surface area contributed by atoms with Crippen molar-refractivity contribution in [3.63, 3.8) is 0 Å². The number of para-hydroxylation sites is 1. The molecule has 2 aliphatic heterocycles. The summed E-state index contributed by atoms with van der Waals surface area (Å²) in [4.78, 5) is 21.1. The van der Waals surface area contributed by atoms with Gasteiger partial charge in [-0.3, -0.25) is 4.79 Å². The summed E-state index contributed by atoms with van der Waals surface area (Å²) in [6.07, 6.45) is 2.81. The predicted molar refractivity (Wildman–Crippen MR) is 126 cm³/mol. The standard InChI is InChI=1S/C23H26N4O4S2/c1-3-21-24-22(25-31-21)19-13-20(15(2)32-19)33(29,30)26-11-6-8-17(14-26)23(28)27-12-10-16-7-4-5-9-18(16)27/h4-5,7,9,13,17H,3,6,8,10-12,14H2,1-2H3. The molecule has 10 heteroatoms. The lowest BCUT2D eigenvalue weighted by Gasteiger charge is -2.33. The fourth-order valence-corrected chi connectivity index (χ4v) is 7.63. The molecule has 4 heterocycles. The highest BCUT2D eigenvalue weighted by atomic mass is 32.2. The van der Waals surface area contributed by atoms with Crippen molar-refractivity contribution in [1.29, 1.82) is 0 Å². The molecule has 1 fully saturated rings. The number of hydrogen-bond donors (Lipinski definition) is 0. The van der Waals surface area contributed by atoms with Crippen molar-refractivity contribution in [2.75, 3.05) is 24.5 Å². The van der Waals surface area contributed by atoms with Crippen LogP contribution in [0.25, 0.3) is 10.7 Å². The SMILES string of the molecule is CCc1nc(-c2cc(S(=O)(=O)N3CCCC(C(=O)N4CCc5ccccc54)C3)c(C)s2)no1.